The van der Waals surface area contributed by atoms with Crippen LogP contribution in [-0.2, 0) is 4.79 Å². The lowest BCUT2D eigenvalue weighted by atomic mass is 9.86. The Hall–Kier alpha value is -0.570. The lowest BCUT2D eigenvalue weighted by Crippen LogP contribution is -2.42. The van der Waals surface area contributed by atoms with Crippen LogP contribution in [0.4, 0.5) is 0 Å². The van der Waals surface area contributed by atoms with Gasteiger partial charge in [-0.25, -0.2) is 0 Å². The first-order chi connectivity index (χ1) is 8.76. The van der Waals surface area contributed by atoms with Crippen LogP contribution < -0.4 is 11.1 Å². The standard InChI is InChI=1S/C15H28N2O/c16-11-15(9-5-6-10-15)12-17-14(18)13-7-3-1-2-4-8-13/h13H,1-12,16H2,(H,17,18). The van der Waals surface area contributed by atoms with Gasteiger partial charge in [-0.15, -0.1) is 0 Å². The second kappa shape index (κ2) is 6.55. The molecule has 2 saturated carbocycles. The van der Waals surface area contributed by atoms with Gasteiger partial charge in [0.2, 0.25) is 5.91 Å². The Kier molecular flexibility index (Phi) is 5.04. The van der Waals surface area contributed by atoms with Gasteiger partial charge in [0.25, 0.3) is 0 Å². The number of hydrogen-bond donors (Lipinski definition) is 2. The van der Waals surface area contributed by atoms with Gasteiger partial charge in [0, 0.05) is 12.5 Å². The van der Waals surface area contributed by atoms with Crippen LogP contribution >= 0.6 is 0 Å². The van der Waals surface area contributed by atoms with E-state index in [0.29, 0.717) is 0 Å². The number of nitrogens with two attached hydrogens (primary N) is 1. The van der Waals surface area contributed by atoms with Crippen molar-refractivity contribution in [1.29, 1.82) is 0 Å². The molecule has 0 aromatic carbocycles. The van der Waals surface area contributed by atoms with Crippen LogP contribution in [0.25, 0.3) is 0 Å². The SMILES string of the molecule is NCC1(CNC(=O)C2CCCCCC2)CCCC1. The van der Waals surface area contributed by atoms with E-state index in [4.69, 9.17) is 5.73 Å². The van der Waals surface area contributed by atoms with E-state index in [9.17, 15) is 4.79 Å². The second-order valence-electron chi connectivity index (χ2n) is 6.32. The Morgan fingerprint density at radius 2 is 1.67 bits per heavy atom. The van der Waals surface area contributed by atoms with Gasteiger partial charge in [-0.2, -0.15) is 0 Å². The van der Waals surface area contributed by atoms with Crippen LogP contribution in [0.5, 0.6) is 0 Å². The molecule has 0 aliphatic heterocycles. The molecule has 104 valence electrons. The molecule has 0 aromatic heterocycles. The molecule has 2 rings (SSSR count). The molecule has 0 atom stereocenters. The van der Waals surface area contributed by atoms with E-state index in [0.717, 1.165) is 25.9 Å². The molecule has 0 bridgehead atoms. The third-order valence-corrected chi connectivity index (χ3v) is 4.96. The van der Waals surface area contributed by atoms with Gasteiger partial charge in [0.15, 0.2) is 0 Å². The van der Waals surface area contributed by atoms with Crippen LogP contribution in [-0.4, -0.2) is 19.0 Å². The van der Waals surface area contributed by atoms with Crippen LogP contribution in [0.15, 0.2) is 0 Å². The van der Waals surface area contributed by atoms with Gasteiger partial charge in [-0.1, -0.05) is 38.5 Å². The van der Waals surface area contributed by atoms with Gasteiger partial charge in [-0.05, 0) is 37.6 Å². The fraction of sp³-hybridized carbons (Fsp3) is 0.933. The summed E-state index contributed by atoms with van der Waals surface area (Å²) >= 11 is 0. The average molecular weight is 252 g/mol. The number of rotatable bonds is 4. The van der Waals surface area contributed by atoms with Crippen molar-refractivity contribution in [2.45, 2.75) is 64.2 Å². The highest BCUT2D eigenvalue weighted by molar-refractivity contribution is 5.78. The summed E-state index contributed by atoms with van der Waals surface area (Å²) in [5.74, 6) is 0.556. The Labute approximate surface area is 111 Å². The number of nitrogens with one attached hydrogen (secondary N) is 1. The lowest BCUT2D eigenvalue weighted by molar-refractivity contribution is -0.125. The predicted octanol–water partition coefficient (Wildman–Crippen LogP) is 2.59. The molecule has 0 heterocycles. The number of amides is 1. The molecule has 0 radical (unpaired) electrons. The van der Waals surface area contributed by atoms with E-state index in [1.165, 1.54) is 51.4 Å². The number of carbonyl (C=O) groups excluding carboxylic acids is 1. The summed E-state index contributed by atoms with van der Waals surface area (Å²) in [6, 6.07) is 0. The zero-order valence-corrected chi connectivity index (χ0v) is 11.5. The molecule has 0 unspecified atom stereocenters. The van der Waals surface area contributed by atoms with E-state index < -0.39 is 0 Å². The molecule has 3 N–H and O–H groups in total. The summed E-state index contributed by atoms with van der Waals surface area (Å²) in [5, 5.41) is 3.19. The smallest absolute Gasteiger partial charge is 0.223 e. The molecule has 2 aliphatic rings. The molecule has 3 heteroatoms. The molecule has 0 spiro atoms. The molecule has 2 fully saturated rings. The highest BCUT2D eigenvalue weighted by Crippen LogP contribution is 2.36. The number of carbonyl (C=O) groups is 1. The van der Waals surface area contributed by atoms with Gasteiger partial charge in [0.1, 0.15) is 0 Å². The van der Waals surface area contributed by atoms with Crippen molar-refractivity contribution in [3.63, 3.8) is 0 Å². The first-order valence-corrected chi connectivity index (χ1v) is 7.74. The molecule has 0 saturated heterocycles. The Morgan fingerprint density at radius 1 is 1.06 bits per heavy atom. The third-order valence-electron chi connectivity index (χ3n) is 4.96. The van der Waals surface area contributed by atoms with E-state index in [2.05, 4.69) is 5.32 Å². The van der Waals surface area contributed by atoms with Gasteiger partial charge < -0.3 is 11.1 Å². The Bertz CT molecular complexity index is 264. The summed E-state index contributed by atoms with van der Waals surface area (Å²) in [6.45, 7) is 1.52. The minimum Gasteiger partial charge on any atom is -0.355 e. The van der Waals surface area contributed by atoms with Crippen LogP contribution in [0, 0.1) is 11.3 Å². The summed E-state index contributed by atoms with van der Waals surface area (Å²) in [6.07, 6.45) is 12.1. The van der Waals surface area contributed by atoms with Crippen molar-refractivity contribution in [2.24, 2.45) is 17.1 Å². The fourth-order valence-corrected chi connectivity index (χ4v) is 3.54. The summed E-state index contributed by atoms with van der Waals surface area (Å²) in [7, 11) is 0. The molecule has 2 aliphatic carbocycles. The first-order valence-electron chi connectivity index (χ1n) is 7.74. The van der Waals surface area contributed by atoms with E-state index >= 15 is 0 Å². The summed E-state index contributed by atoms with van der Waals surface area (Å²) < 4.78 is 0. The van der Waals surface area contributed by atoms with E-state index in [-0.39, 0.29) is 17.2 Å². The number of hydrogen-bond acceptors (Lipinski definition) is 2. The first kappa shape index (κ1) is 13.9. The third kappa shape index (κ3) is 3.47. The lowest BCUT2D eigenvalue weighted by Gasteiger charge is -2.28. The fourth-order valence-electron chi connectivity index (χ4n) is 3.54. The zero-order valence-electron chi connectivity index (χ0n) is 11.5. The summed E-state index contributed by atoms with van der Waals surface area (Å²) in [5.41, 5.74) is 6.12. The second-order valence-corrected chi connectivity index (χ2v) is 6.32. The van der Waals surface area contributed by atoms with E-state index in [1.54, 1.807) is 0 Å². The maximum absolute atomic E-state index is 12.2. The van der Waals surface area contributed by atoms with E-state index in [1.807, 2.05) is 0 Å². The van der Waals surface area contributed by atoms with Crippen LogP contribution in [0.2, 0.25) is 0 Å². The van der Waals surface area contributed by atoms with Crippen molar-refractivity contribution in [3.8, 4) is 0 Å². The average Bonchev–Trinajstić information content (AvgIpc) is 2.70. The van der Waals surface area contributed by atoms with Gasteiger partial charge in [-0.3, -0.25) is 4.79 Å². The topological polar surface area (TPSA) is 55.1 Å². The highest BCUT2D eigenvalue weighted by atomic mass is 16.1. The maximum Gasteiger partial charge on any atom is 0.223 e. The van der Waals surface area contributed by atoms with Crippen molar-refractivity contribution in [2.75, 3.05) is 13.1 Å². The van der Waals surface area contributed by atoms with Crippen molar-refractivity contribution in [3.05, 3.63) is 0 Å². The highest BCUT2D eigenvalue weighted by Gasteiger charge is 2.33. The molecular weight excluding hydrogens is 224 g/mol. The Morgan fingerprint density at radius 3 is 2.22 bits per heavy atom. The van der Waals surface area contributed by atoms with Crippen molar-refractivity contribution >= 4 is 5.91 Å². The van der Waals surface area contributed by atoms with Crippen molar-refractivity contribution in [1.82, 2.24) is 5.32 Å². The molecule has 0 aromatic rings. The van der Waals surface area contributed by atoms with Crippen LogP contribution in [0.1, 0.15) is 64.2 Å². The maximum atomic E-state index is 12.2. The largest absolute Gasteiger partial charge is 0.355 e. The predicted molar refractivity (Wildman–Crippen MR) is 74.2 cm³/mol. The molecular formula is C15H28N2O. The van der Waals surface area contributed by atoms with Gasteiger partial charge >= 0.3 is 0 Å². The monoisotopic (exact) mass is 252 g/mol. The zero-order chi connectivity index (χ0) is 12.8. The van der Waals surface area contributed by atoms with Gasteiger partial charge in [0.05, 0.1) is 0 Å². The minimum atomic E-state index is 0.209. The Balaban J connectivity index is 1.79. The molecule has 18 heavy (non-hydrogen) atoms. The minimum absolute atomic E-state index is 0.209. The molecule has 1 amide bonds. The quantitative estimate of drug-likeness (QED) is 0.756. The van der Waals surface area contributed by atoms with Crippen LogP contribution in [0.3, 0.4) is 0 Å². The van der Waals surface area contributed by atoms with Crippen molar-refractivity contribution < 1.29 is 4.79 Å². The molecule has 3 nitrogen and oxygen atoms in total. The summed E-state index contributed by atoms with van der Waals surface area (Å²) in [4.78, 5) is 12.2. The normalized spacial score (nSPS) is 24.7.